The molecule has 184 valence electrons. The highest BCUT2D eigenvalue weighted by Crippen LogP contribution is 2.38. The Hall–Kier alpha value is -0.0551. The van der Waals surface area contributed by atoms with E-state index in [0.717, 1.165) is 19.2 Å². The fourth-order valence-electron chi connectivity index (χ4n) is 4.72. The van der Waals surface area contributed by atoms with Gasteiger partial charge in [0.1, 0.15) is 0 Å². The average Bonchev–Trinajstić information content (AvgIpc) is 2.91. The Labute approximate surface area is 195 Å². The summed E-state index contributed by atoms with van der Waals surface area (Å²) in [6, 6.07) is 0. The zero-order valence-corrected chi connectivity index (χ0v) is 22.0. The van der Waals surface area contributed by atoms with Gasteiger partial charge in [-0.3, -0.25) is 0 Å². The highest BCUT2D eigenvalue weighted by molar-refractivity contribution is 6.45. The summed E-state index contributed by atoms with van der Waals surface area (Å²) >= 11 is 0. The van der Waals surface area contributed by atoms with Crippen molar-refractivity contribution in [3.8, 4) is 0 Å². The van der Waals surface area contributed by atoms with Gasteiger partial charge < -0.3 is 14.4 Å². The molecule has 0 amide bonds. The van der Waals surface area contributed by atoms with Crippen LogP contribution in [-0.4, -0.2) is 29.5 Å². The lowest BCUT2D eigenvalue weighted by Crippen LogP contribution is -2.41. The van der Waals surface area contributed by atoms with Crippen LogP contribution in [0.3, 0.4) is 0 Å². The monoisotopic (exact) mass is 438 g/mol. The number of aliphatic hydroxyl groups is 1. The second-order valence-electron chi connectivity index (χ2n) is 11.1. The van der Waals surface area contributed by atoms with Crippen molar-refractivity contribution in [2.45, 2.75) is 168 Å². The van der Waals surface area contributed by atoms with Crippen LogP contribution in [0, 0.1) is 5.92 Å². The van der Waals surface area contributed by atoms with Crippen LogP contribution in [0.5, 0.6) is 0 Å². The molecule has 31 heavy (non-hydrogen) atoms. The highest BCUT2D eigenvalue weighted by Gasteiger charge is 2.50. The Balaban J connectivity index is 2.35. The third kappa shape index (κ3) is 12.1. The Morgan fingerprint density at radius 3 is 1.52 bits per heavy atom. The molecular weight excluding hydrogens is 383 g/mol. The molecule has 0 aromatic rings. The van der Waals surface area contributed by atoms with E-state index in [0.29, 0.717) is 5.92 Å². The SMILES string of the molecule is CCCCCCCCC(CCCCCCCC)C[C@@H](O)CCB1OC(C)(C)C(C)(C)O1. The summed E-state index contributed by atoms with van der Waals surface area (Å²) in [6.45, 7) is 12.9. The Bertz CT molecular complexity index is 406. The number of hydrogen-bond donors (Lipinski definition) is 1. The maximum atomic E-state index is 10.8. The van der Waals surface area contributed by atoms with Gasteiger partial charge in [-0.25, -0.2) is 0 Å². The van der Waals surface area contributed by atoms with Crippen molar-refractivity contribution in [1.82, 2.24) is 0 Å². The predicted octanol–water partition coefficient (Wildman–Crippen LogP) is 8.34. The normalized spacial score (nSPS) is 18.8. The molecule has 1 atom stereocenters. The molecule has 1 aliphatic heterocycles. The molecule has 0 aliphatic carbocycles. The molecule has 1 heterocycles. The van der Waals surface area contributed by atoms with Gasteiger partial charge in [0, 0.05) is 0 Å². The van der Waals surface area contributed by atoms with Crippen molar-refractivity contribution in [2.75, 3.05) is 0 Å². The van der Waals surface area contributed by atoms with Gasteiger partial charge in [0.2, 0.25) is 0 Å². The minimum absolute atomic E-state index is 0.185. The lowest BCUT2D eigenvalue weighted by Gasteiger charge is -2.32. The molecular formula is C27H55BO3. The van der Waals surface area contributed by atoms with E-state index in [-0.39, 0.29) is 24.4 Å². The molecule has 1 aliphatic rings. The fourth-order valence-corrected chi connectivity index (χ4v) is 4.72. The molecule has 0 spiro atoms. The van der Waals surface area contributed by atoms with Crippen LogP contribution in [0.2, 0.25) is 6.32 Å². The lowest BCUT2D eigenvalue weighted by atomic mass is 9.80. The Morgan fingerprint density at radius 1 is 0.645 bits per heavy atom. The zero-order chi connectivity index (χ0) is 23.2. The molecule has 0 unspecified atom stereocenters. The summed E-state index contributed by atoms with van der Waals surface area (Å²) in [6.07, 6.45) is 21.1. The van der Waals surface area contributed by atoms with Crippen LogP contribution in [-0.2, 0) is 9.31 Å². The topological polar surface area (TPSA) is 38.7 Å². The smallest absolute Gasteiger partial charge is 0.403 e. The third-order valence-electron chi connectivity index (χ3n) is 7.57. The molecule has 1 saturated heterocycles. The number of aliphatic hydroxyl groups excluding tert-OH is 1. The van der Waals surface area contributed by atoms with Crippen LogP contribution in [0.25, 0.3) is 0 Å². The molecule has 1 rings (SSSR count). The summed E-state index contributed by atoms with van der Waals surface area (Å²) < 4.78 is 12.2. The quantitative estimate of drug-likeness (QED) is 0.163. The van der Waals surface area contributed by atoms with Crippen LogP contribution in [0.1, 0.15) is 144 Å². The maximum Gasteiger partial charge on any atom is 0.457 e. The van der Waals surface area contributed by atoms with Gasteiger partial charge in [-0.05, 0) is 52.8 Å². The van der Waals surface area contributed by atoms with Crippen LogP contribution in [0.15, 0.2) is 0 Å². The summed E-state index contributed by atoms with van der Waals surface area (Å²) in [5.74, 6) is 0.672. The molecule has 0 radical (unpaired) electrons. The summed E-state index contributed by atoms with van der Waals surface area (Å²) in [4.78, 5) is 0. The molecule has 3 nitrogen and oxygen atoms in total. The van der Waals surface area contributed by atoms with Crippen molar-refractivity contribution in [3.05, 3.63) is 0 Å². The van der Waals surface area contributed by atoms with E-state index in [1.165, 1.54) is 89.9 Å². The second-order valence-corrected chi connectivity index (χ2v) is 11.1. The maximum absolute atomic E-state index is 10.8. The van der Waals surface area contributed by atoms with Gasteiger partial charge in [0.05, 0.1) is 17.3 Å². The van der Waals surface area contributed by atoms with Crippen LogP contribution in [0.4, 0.5) is 0 Å². The molecule has 0 saturated carbocycles. The van der Waals surface area contributed by atoms with E-state index in [2.05, 4.69) is 41.5 Å². The van der Waals surface area contributed by atoms with Gasteiger partial charge in [0.15, 0.2) is 0 Å². The average molecular weight is 439 g/mol. The first-order valence-corrected chi connectivity index (χ1v) is 13.8. The standard InChI is InChI=1S/C27H55BO3/c1-7-9-11-13-15-17-19-24(20-18-16-14-12-10-8-2)23-25(29)21-22-28-30-26(3,4)27(5,6)31-28/h24-25,29H,7-23H2,1-6H3/t25-/m0/s1. The van der Waals surface area contributed by atoms with Gasteiger partial charge in [0.25, 0.3) is 0 Å². The number of hydrogen-bond acceptors (Lipinski definition) is 3. The Morgan fingerprint density at radius 2 is 1.06 bits per heavy atom. The van der Waals surface area contributed by atoms with Gasteiger partial charge in [-0.1, -0.05) is 104 Å². The lowest BCUT2D eigenvalue weighted by molar-refractivity contribution is 0.00578. The molecule has 0 bridgehead atoms. The van der Waals surface area contributed by atoms with Crippen molar-refractivity contribution in [3.63, 3.8) is 0 Å². The third-order valence-corrected chi connectivity index (χ3v) is 7.57. The van der Waals surface area contributed by atoms with Crippen LogP contribution >= 0.6 is 0 Å². The minimum atomic E-state index is -0.277. The molecule has 0 aromatic carbocycles. The van der Waals surface area contributed by atoms with E-state index >= 15 is 0 Å². The van der Waals surface area contributed by atoms with Gasteiger partial charge >= 0.3 is 7.12 Å². The predicted molar refractivity (Wildman–Crippen MR) is 136 cm³/mol. The van der Waals surface area contributed by atoms with Crippen LogP contribution < -0.4 is 0 Å². The summed E-state index contributed by atoms with van der Waals surface area (Å²) in [5.41, 5.74) is -0.554. The first kappa shape index (κ1) is 29.0. The van der Waals surface area contributed by atoms with E-state index in [1.807, 2.05) is 0 Å². The molecule has 0 aromatic heterocycles. The first-order chi connectivity index (χ1) is 14.7. The second kappa shape index (κ2) is 15.7. The molecule has 1 N–H and O–H groups in total. The largest absolute Gasteiger partial charge is 0.457 e. The Kier molecular flexibility index (Phi) is 14.7. The number of rotatable bonds is 19. The van der Waals surface area contributed by atoms with E-state index in [1.54, 1.807) is 0 Å². The van der Waals surface area contributed by atoms with Crippen molar-refractivity contribution >= 4 is 7.12 Å². The molecule has 4 heteroatoms. The van der Waals surface area contributed by atoms with Crippen molar-refractivity contribution < 1.29 is 14.4 Å². The van der Waals surface area contributed by atoms with Crippen molar-refractivity contribution in [2.24, 2.45) is 5.92 Å². The van der Waals surface area contributed by atoms with E-state index < -0.39 is 0 Å². The zero-order valence-electron chi connectivity index (χ0n) is 22.0. The van der Waals surface area contributed by atoms with Gasteiger partial charge in [-0.15, -0.1) is 0 Å². The summed E-state index contributed by atoms with van der Waals surface area (Å²) in [5, 5.41) is 10.8. The fraction of sp³-hybridized carbons (Fsp3) is 1.00. The van der Waals surface area contributed by atoms with Crippen molar-refractivity contribution in [1.29, 1.82) is 0 Å². The molecule has 1 fully saturated rings. The number of unbranched alkanes of at least 4 members (excludes halogenated alkanes) is 10. The van der Waals surface area contributed by atoms with E-state index in [4.69, 9.17) is 9.31 Å². The first-order valence-electron chi connectivity index (χ1n) is 13.8. The van der Waals surface area contributed by atoms with Gasteiger partial charge in [-0.2, -0.15) is 0 Å². The summed E-state index contributed by atoms with van der Waals surface area (Å²) in [7, 11) is -0.185. The highest BCUT2D eigenvalue weighted by atomic mass is 16.7. The minimum Gasteiger partial charge on any atom is -0.403 e. The van der Waals surface area contributed by atoms with E-state index in [9.17, 15) is 5.11 Å².